The fourth-order valence-corrected chi connectivity index (χ4v) is 3.52. The Bertz CT molecular complexity index is 513. The lowest BCUT2D eigenvalue weighted by Gasteiger charge is -2.26. The summed E-state index contributed by atoms with van der Waals surface area (Å²) in [5, 5.41) is 22.8. The van der Waals surface area contributed by atoms with Gasteiger partial charge in [-0.25, -0.2) is 9.79 Å². The van der Waals surface area contributed by atoms with Crippen molar-refractivity contribution in [1.82, 2.24) is 5.32 Å². The lowest BCUT2D eigenvalue weighted by Crippen LogP contribution is -2.42. The first-order valence-electron chi connectivity index (χ1n) is 6.92. The van der Waals surface area contributed by atoms with E-state index in [9.17, 15) is 15.0 Å². The molecule has 0 aromatic heterocycles. The van der Waals surface area contributed by atoms with Gasteiger partial charge in [0.05, 0.1) is 18.1 Å². The molecule has 0 spiro atoms. The van der Waals surface area contributed by atoms with Crippen molar-refractivity contribution in [3.05, 3.63) is 12.3 Å². The van der Waals surface area contributed by atoms with E-state index in [-0.39, 0.29) is 0 Å². The lowest BCUT2D eigenvalue weighted by atomic mass is 9.93. The predicted octanol–water partition coefficient (Wildman–Crippen LogP) is 0.499. The number of aliphatic hydroxyl groups is 2. The first-order valence-corrected chi connectivity index (χ1v) is 9.97. The van der Waals surface area contributed by atoms with E-state index in [1.54, 1.807) is 0 Å². The summed E-state index contributed by atoms with van der Waals surface area (Å²) in [5.41, 5.74) is 0.428. The Morgan fingerprint density at radius 3 is 2.67 bits per heavy atom. The summed E-state index contributed by atoms with van der Waals surface area (Å²) in [5.74, 6) is -0.431. The van der Waals surface area contributed by atoms with E-state index < -0.39 is 43.3 Å². The molecule has 1 saturated heterocycles. The average molecular weight is 314 g/mol. The third kappa shape index (κ3) is 3.83. The molecule has 5 atom stereocenters. The molecule has 3 N–H and O–H groups in total. The van der Waals surface area contributed by atoms with Crippen LogP contribution in [0.4, 0.5) is 4.79 Å². The van der Waals surface area contributed by atoms with Gasteiger partial charge in [0.1, 0.15) is 12.2 Å². The molecular weight excluding hydrogens is 291 g/mol. The Kier molecular flexibility index (Phi) is 4.73. The molecule has 0 saturated carbocycles. The molecule has 0 aliphatic carbocycles. The van der Waals surface area contributed by atoms with E-state index >= 15 is 0 Å². The Hall–Kier alpha value is -0.940. The lowest BCUT2D eigenvalue weighted by molar-refractivity contribution is -0.00422. The monoisotopic (exact) mass is 314 g/mol. The van der Waals surface area contributed by atoms with E-state index in [0.29, 0.717) is 12.1 Å². The fraction of sp³-hybridized carbons (Fsp3) is 0.643. The van der Waals surface area contributed by atoms with Gasteiger partial charge in [0.15, 0.2) is 0 Å². The van der Waals surface area contributed by atoms with Crippen LogP contribution in [-0.4, -0.2) is 72.7 Å². The van der Waals surface area contributed by atoms with Gasteiger partial charge in [0.2, 0.25) is 0 Å². The molecule has 5 unspecified atom stereocenters. The number of hydrogen-bond acceptors (Lipinski definition) is 4. The van der Waals surface area contributed by atoms with Gasteiger partial charge in [-0.15, -0.1) is 13.2 Å². The molecule has 2 aliphatic rings. The van der Waals surface area contributed by atoms with Gasteiger partial charge in [-0.05, 0) is 25.9 Å². The molecule has 6 nitrogen and oxygen atoms in total. The molecule has 118 valence electrons. The van der Waals surface area contributed by atoms with Gasteiger partial charge in [-0.1, -0.05) is 6.58 Å². The standard InChI is InChI=1S/C14H23N2O4P/c1-8-9(7-15-14(19)16-8)13-12(18)11(17)10(20-13)5-6-21(2,3)4/h7,9-13,17-18H,1-2,5-6H2,3-4H3,(H,16,19). The van der Waals surface area contributed by atoms with E-state index in [1.807, 2.05) is 0 Å². The van der Waals surface area contributed by atoms with E-state index in [2.05, 4.69) is 36.5 Å². The number of rotatable bonds is 4. The summed E-state index contributed by atoms with van der Waals surface area (Å²) in [6, 6.07) is -0.482. The van der Waals surface area contributed by atoms with Crippen LogP contribution in [-0.2, 0) is 4.74 Å². The zero-order chi connectivity index (χ0) is 15.8. The van der Waals surface area contributed by atoms with Crippen molar-refractivity contribution in [2.75, 3.05) is 19.5 Å². The Morgan fingerprint density at radius 2 is 2.10 bits per heavy atom. The maximum absolute atomic E-state index is 11.1. The number of hydrogen-bond donors (Lipinski definition) is 3. The largest absolute Gasteiger partial charge is 0.388 e. The van der Waals surface area contributed by atoms with Gasteiger partial charge in [0, 0.05) is 11.9 Å². The second kappa shape index (κ2) is 6.05. The molecule has 1 fully saturated rings. The first-order chi connectivity index (χ1) is 9.69. The number of aliphatic hydroxyl groups excluding tert-OH is 2. The highest BCUT2D eigenvalue weighted by atomic mass is 31.2. The van der Waals surface area contributed by atoms with Crippen LogP contribution in [0.25, 0.3) is 0 Å². The molecule has 2 amide bonds. The minimum Gasteiger partial charge on any atom is -0.388 e. The fourth-order valence-electron chi connectivity index (χ4n) is 2.56. The summed E-state index contributed by atoms with van der Waals surface area (Å²) < 4.78 is 5.81. The summed E-state index contributed by atoms with van der Waals surface area (Å²) in [4.78, 5) is 14.8. The highest BCUT2D eigenvalue weighted by Crippen LogP contribution is 2.39. The van der Waals surface area contributed by atoms with Crippen molar-refractivity contribution < 1.29 is 19.7 Å². The molecule has 0 aromatic rings. The van der Waals surface area contributed by atoms with Crippen molar-refractivity contribution in [3.8, 4) is 0 Å². The van der Waals surface area contributed by atoms with Crippen LogP contribution in [0.3, 0.4) is 0 Å². The van der Waals surface area contributed by atoms with Crippen molar-refractivity contribution in [3.63, 3.8) is 0 Å². The molecule has 0 bridgehead atoms. The average Bonchev–Trinajstić information content (AvgIpc) is 2.64. The van der Waals surface area contributed by atoms with Crippen LogP contribution in [0, 0.1) is 5.92 Å². The van der Waals surface area contributed by atoms with Gasteiger partial charge in [-0.3, -0.25) is 0 Å². The van der Waals surface area contributed by atoms with E-state index in [1.165, 1.54) is 6.21 Å². The maximum atomic E-state index is 11.1. The van der Waals surface area contributed by atoms with Crippen molar-refractivity contribution >= 4 is 25.4 Å². The number of ether oxygens (including phenoxy) is 1. The molecule has 7 heteroatoms. The summed E-state index contributed by atoms with van der Waals surface area (Å²) >= 11 is 0. The Balaban J connectivity index is 2.06. The van der Waals surface area contributed by atoms with Crippen LogP contribution in [0.1, 0.15) is 6.42 Å². The van der Waals surface area contributed by atoms with E-state index in [4.69, 9.17) is 4.74 Å². The Morgan fingerprint density at radius 1 is 1.43 bits per heavy atom. The zero-order valence-corrected chi connectivity index (χ0v) is 13.3. The topological polar surface area (TPSA) is 91.2 Å². The van der Waals surface area contributed by atoms with Crippen molar-refractivity contribution in [2.24, 2.45) is 10.9 Å². The third-order valence-corrected chi connectivity index (χ3v) is 5.26. The van der Waals surface area contributed by atoms with Crippen LogP contribution < -0.4 is 5.32 Å². The van der Waals surface area contributed by atoms with Gasteiger partial charge in [-0.2, -0.15) is 0 Å². The SMILES string of the molecule is C=C1NC(=O)N=CC1C1OC(CCP(=C)(C)C)C(O)C1O. The molecular formula is C14H23N2O4P. The molecule has 2 rings (SSSR count). The Labute approximate surface area is 124 Å². The summed E-state index contributed by atoms with van der Waals surface area (Å²) in [7, 11) is 0. The number of carbonyl (C=O) groups excluding carboxylic acids is 1. The van der Waals surface area contributed by atoms with Crippen LogP contribution in [0.15, 0.2) is 17.3 Å². The predicted molar refractivity (Wildman–Crippen MR) is 85.7 cm³/mol. The summed E-state index contributed by atoms with van der Waals surface area (Å²) in [6.45, 7) is 6.79. The summed E-state index contributed by atoms with van der Waals surface area (Å²) in [6.07, 6.45) is 4.05. The number of nitrogens with one attached hydrogen (secondary N) is 1. The van der Waals surface area contributed by atoms with Gasteiger partial charge >= 0.3 is 6.03 Å². The normalized spacial score (nSPS) is 36.9. The number of aliphatic imine (C=N–C) groups is 1. The number of amides is 2. The van der Waals surface area contributed by atoms with E-state index in [0.717, 1.165) is 6.16 Å². The highest BCUT2D eigenvalue weighted by molar-refractivity contribution is 7.72. The maximum Gasteiger partial charge on any atom is 0.344 e. The smallest absolute Gasteiger partial charge is 0.344 e. The number of carbonyl (C=O) groups is 1. The first kappa shape index (κ1) is 16.4. The third-order valence-electron chi connectivity index (χ3n) is 3.79. The number of urea groups is 1. The molecule has 21 heavy (non-hydrogen) atoms. The molecule has 0 aromatic carbocycles. The van der Waals surface area contributed by atoms with Crippen molar-refractivity contribution in [2.45, 2.75) is 30.8 Å². The van der Waals surface area contributed by atoms with Crippen LogP contribution in [0.2, 0.25) is 0 Å². The van der Waals surface area contributed by atoms with Crippen LogP contribution in [0.5, 0.6) is 0 Å². The minimum absolute atomic E-state index is 0.426. The van der Waals surface area contributed by atoms with Crippen LogP contribution >= 0.6 is 6.89 Å². The molecule has 2 aliphatic heterocycles. The zero-order valence-electron chi connectivity index (χ0n) is 12.4. The van der Waals surface area contributed by atoms with Gasteiger partial charge in [0.25, 0.3) is 0 Å². The number of nitrogens with zero attached hydrogens (tertiary/aromatic N) is 1. The second-order valence-corrected chi connectivity index (χ2v) is 10.6. The molecule has 2 heterocycles. The van der Waals surface area contributed by atoms with Gasteiger partial charge < -0.3 is 20.3 Å². The second-order valence-electron chi connectivity index (χ2n) is 6.33. The quantitative estimate of drug-likeness (QED) is 0.659. The minimum atomic E-state index is -1.21. The highest BCUT2D eigenvalue weighted by Gasteiger charge is 2.46. The van der Waals surface area contributed by atoms with Crippen molar-refractivity contribution in [1.29, 1.82) is 0 Å². The molecule has 0 radical (unpaired) electrons.